The summed E-state index contributed by atoms with van der Waals surface area (Å²) in [5.41, 5.74) is 1.06. The van der Waals surface area contributed by atoms with Gasteiger partial charge in [-0.25, -0.2) is 9.78 Å². The first-order chi connectivity index (χ1) is 11.1. The molecule has 0 bridgehead atoms. The van der Waals surface area contributed by atoms with Gasteiger partial charge in [-0.15, -0.1) is 0 Å². The third-order valence-corrected chi connectivity index (χ3v) is 3.47. The van der Waals surface area contributed by atoms with Gasteiger partial charge in [-0.1, -0.05) is 22.8 Å². The molecule has 0 amide bonds. The van der Waals surface area contributed by atoms with Crippen LogP contribution in [0.1, 0.15) is 17.4 Å². The van der Waals surface area contributed by atoms with Gasteiger partial charge >= 0.3 is 5.97 Å². The van der Waals surface area contributed by atoms with E-state index < -0.39 is 5.97 Å². The number of hydrogen-bond acceptors (Lipinski definition) is 7. The number of nitrogens with zero attached hydrogens (tertiary/aromatic N) is 4. The molecule has 0 spiro atoms. The Morgan fingerprint density at radius 2 is 2.22 bits per heavy atom. The minimum atomic E-state index is -0.582. The first-order valence-corrected chi connectivity index (χ1v) is 7.26. The van der Waals surface area contributed by atoms with E-state index in [1.54, 1.807) is 31.0 Å². The normalized spacial score (nSPS) is 10.7. The number of carbonyl (C=O) groups excluding carboxylic acids is 1. The topological polar surface area (TPSA) is 81.3 Å². The maximum atomic E-state index is 12.0. The van der Waals surface area contributed by atoms with Gasteiger partial charge in [-0.2, -0.15) is 4.98 Å². The van der Waals surface area contributed by atoms with Crippen LogP contribution < -0.4 is 4.90 Å². The zero-order chi connectivity index (χ0) is 16.4. The van der Waals surface area contributed by atoms with E-state index in [4.69, 9.17) is 20.9 Å². The first-order valence-electron chi connectivity index (χ1n) is 6.88. The molecule has 3 aromatic rings. The standard InChI is InChI=1S/C15H13ClN4O3/c1-3-22-15(21)12-11-13(17-8-18-14(11)23-19-12)20(2)10-6-4-5-9(16)7-10/h4-8H,3H2,1-2H3. The summed E-state index contributed by atoms with van der Waals surface area (Å²) in [7, 11) is 1.80. The van der Waals surface area contributed by atoms with Crippen molar-refractivity contribution in [3.05, 3.63) is 41.3 Å². The number of fused-ring (bicyclic) bond motifs is 1. The van der Waals surface area contributed by atoms with Crippen molar-refractivity contribution in [2.75, 3.05) is 18.6 Å². The fourth-order valence-corrected chi connectivity index (χ4v) is 2.36. The number of anilines is 2. The second kappa shape index (κ2) is 6.21. The molecule has 23 heavy (non-hydrogen) atoms. The molecule has 3 rings (SSSR count). The zero-order valence-electron chi connectivity index (χ0n) is 12.5. The van der Waals surface area contributed by atoms with Gasteiger partial charge in [0.05, 0.1) is 6.61 Å². The highest BCUT2D eigenvalue weighted by molar-refractivity contribution is 6.30. The Morgan fingerprint density at radius 1 is 1.39 bits per heavy atom. The Kier molecular flexibility index (Phi) is 4.12. The molecule has 1 aromatic carbocycles. The lowest BCUT2D eigenvalue weighted by Crippen LogP contribution is -2.13. The second-order valence-electron chi connectivity index (χ2n) is 4.67. The molecular weight excluding hydrogens is 320 g/mol. The Balaban J connectivity index is 2.13. The Hall–Kier alpha value is -2.67. The number of hydrogen-bond donors (Lipinski definition) is 0. The summed E-state index contributed by atoms with van der Waals surface area (Å²) < 4.78 is 10.1. The Morgan fingerprint density at radius 3 is 2.96 bits per heavy atom. The highest BCUT2D eigenvalue weighted by Gasteiger charge is 2.24. The summed E-state index contributed by atoms with van der Waals surface area (Å²) in [5, 5.41) is 4.75. The van der Waals surface area contributed by atoms with Crippen molar-refractivity contribution in [3.8, 4) is 0 Å². The van der Waals surface area contributed by atoms with E-state index in [-0.39, 0.29) is 18.0 Å². The van der Waals surface area contributed by atoms with Crippen molar-refractivity contribution in [2.24, 2.45) is 0 Å². The predicted octanol–water partition coefficient (Wildman–Crippen LogP) is 3.22. The van der Waals surface area contributed by atoms with Crippen LogP contribution in [0.4, 0.5) is 11.5 Å². The fraction of sp³-hybridized carbons (Fsp3) is 0.200. The highest BCUT2D eigenvalue weighted by atomic mass is 35.5. The van der Waals surface area contributed by atoms with E-state index >= 15 is 0 Å². The summed E-state index contributed by atoms with van der Waals surface area (Å²) >= 11 is 6.03. The maximum absolute atomic E-state index is 12.0. The summed E-state index contributed by atoms with van der Waals surface area (Å²) in [6.07, 6.45) is 1.35. The molecule has 8 heteroatoms. The Labute approximate surface area is 136 Å². The molecule has 118 valence electrons. The number of halogens is 1. The van der Waals surface area contributed by atoms with E-state index in [1.807, 2.05) is 12.1 Å². The van der Waals surface area contributed by atoms with Crippen LogP contribution >= 0.6 is 11.6 Å². The minimum Gasteiger partial charge on any atom is -0.461 e. The van der Waals surface area contributed by atoms with Crippen LogP contribution in [0.3, 0.4) is 0 Å². The third kappa shape index (κ3) is 2.83. The van der Waals surface area contributed by atoms with Crippen LogP contribution in [0.25, 0.3) is 11.1 Å². The number of aromatic nitrogens is 3. The highest BCUT2D eigenvalue weighted by Crippen LogP contribution is 2.31. The number of benzene rings is 1. The lowest BCUT2D eigenvalue weighted by Gasteiger charge is -2.18. The van der Waals surface area contributed by atoms with E-state index in [2.05, 4.69) is 15.1 Å². The van der Waals surface area contributed by atoms with Gasteiger partial charge in [-0.3, -0.25) is 0 Å². The molecule has 0 fully saturated rings. The molecule has 2 aromatic heterocycles. The molecular formula is C15H13ClN4O3. The van der Waals surface area contributed by atoms with Gasteiger partial charge in [0.1, 0.15) is 17.5 Å². The molecule has 0 radical (unpaired) electrons. The summed E-state index contributed by atoms with van der Waals surface area (Å²) in [6, 6.07) is 7.26. The Bertz CT molecular complexity index is 865. The van der Waals surface area contributed by atoms with Crippen LogP contribution in [0, 0.1) is 0 Å². The monoisotopic (exact) mass is 332 g/mol. The lowest BCUT2D eigenvalue weighted by molar-refractivity contribution is 0.0517. The molecule has 0 N–H and O–H groups in total. The van der Waals surface area contributed by atoms with Crippen molar-refractivity contribution in [1.29, 1.82) is 0 Å². The predicted molar refractivity (Wildman–Crippen MR) is 85.1 cm³/mol. The van der Waals surface area contributed by atoms with Crippen LogP contribution in [0.15, 0.2) is 35.1 Å². The van der Waals surface area contributed by atoms with Crippen molar-refractivity contribution in [2.45, 2.75) is 6.92 Å². The maximum Gasteiger partial charge on any atom is 0.361 e. The smallest absolute Gasteiger partial charge is 0.361 e. The third-order valence-electron chi connectivity index (χ3n) is 3.23. The van der Waals surface area contributed by atoms with Gasteiger partial charge in [0.2, 0.25) is 5.69 Å². The lowest BCUT2D eigenvalue weighted by atomic mass is 10.2. The largest absolute Gasteiger partial charge is 0.461 e. The number of carbonyl (C=O) groups is 1. The number of esters is 1. The second-order valence-corrected chi connectivity index (χ2v) is 5.10. The van der Waals surface area contributed by atoms with Crippen LogP contribution in [0.2, 0.25) is 5.02 Å². The average Bonchev–Trinajstić information content (AvgIpc) is 2.98. The molecule has 0 saturated carbocycles. The molecule has 0 aliphatic rings. The van der Waals surface area contributed by atoms with Crippen LogP contribution in [0.5, 0.6) is 0 Å². The van der Waals surface area contributed by atoms with Crippen molar-refractivity contribution in [3.63, 3.8) is 0 Å². The molecule has 0 atom stereocenters. The fourth-order valence-electron chi connectivity index (χ4n) is 2.17. The van der Waals surface area contributed by atoms with Gasteiger partial charge in [0.15, 0.2) is 0 Å². The minimum absolute atomic E-state index is 0.0475. The molecule has 0 aliphatic heterocycles. The van der Waals surface area contributed by atoms with Crippen LogP contribution in [-0.2, 0) is 4.74 Å². The van der Waals surface area contributed by atoms with E-state index in [1.165, 1.54) is 6.33 Å². The molecule has 0 unspecified atom stereocenters. The SMILES string of the molecule is CCOC(=O)c1noc2ncnc(N(C)c3cccc(Cl)c3)c12. The quantitative estimate of drug-likeness (QED) is 0.678. The van der Waals surface area contributed by atoms with Crippen molar-refractivity contribution >= 4 is 40.2 Å². The van der Waals surface area contributed by atoms with Gasteiger partial charge in [0.25, 0.3) is 5.71 Å². The van der Waals surface area contributed by atoms with E-state index in [9.17, 15) is 4.79 Å². The summed E-state index contributed by atoms with van der Waals surface area (Å²) in [5.74, 6) is -0.108. The van der Waals surface area contributed by atoms with Gasteiger partial charge in [0, 0.05) is 17.8 Å². The summed E-state index contributed by atoms with van der Waals surface area (Å²) in [6.45, 7) is 1.95. The van der Waals surface area contributed by atoms with Gasteiger partial charge in [-0.05, 0) is 25.1 Å². The molecule has 2 heterocycles. The number of ether oxygens (including phenoxy) is 1. The van der Waals surface area contributed by atoms with E-state index in [0.717, 1.165) is 5.69 Å². The number of rotatable bonds is 4. The van der Waals surface area contributed by atoms with E-state index in [0.29, 0.717) is 16.2 Å². The van der Waals surface area contributed by atoms with Crippen molar-refractivity contribution in [1.82, 2.24) is 15.1 Å². The van der Waals surface area contributed by atoms with Crippen LogP contribution in [-0.4, -0.2) is 34.7 Å². The molecule has 0 saturated heterocycles. The molecule has 0 aliphatic carbocycles. The average molecular weight is 333 g/mol. The zero-order valence-corrected chi connectivity index (χ0v) is 13.2. The summed E-state index contributed by atoms with van der Waals surface area (Å²) in [4.78, 5) is 22.1. The van der Waals surface area contributed by atoms with Gasteiger partial charge < -0.3 is 14.2 Å². The molecule has 7 nitrogen and oxygen atoms in total. The van der Waals surface area contributed by atoms with Crippen molar-refractivity contribution < 1.29 is 14.1 Å². The first kappa shape index (κ1) is 15.2.